The number of hydrogen-bond donors (Lipinski definition) is 0. The van der Waals surface area contributed by atoms with Crippen molar-refractivity contribution in [1.82, 2.24) is 0 Å². The highest BCUT2D eigenvalue weighted by Crippen LogP contribution is 2.36. The number of aryl methyl sites for hydroxylation is 1. The molecule has 0 radical (unpaired) electrons. The number of para-hydroxylation sites is 2. The fourth-order valence-corrected chi connectivity index (χ4v) is 4.04. The number of fused-ring (bicyclic) bond motifs is 2. The number of thiophene rings is 1. The molecule has 0 aliphatic carbocycles. The number of carbonyl (C=O) groups excluding carboxylic acids is 1. The average molecular weight is 309 g/mol. The smallest absolute Gasteiger partial charge is 0.268 e. The lowest BCUT2D eigenvalue weighted by Gasteiger charge is -2.29. The highest BCUT2D eigenvalue weighted by atomic mass is 32.1. The topological polar surface area (TPSA) is 29.5 Å². The average Bonchev–Trinajstić information content (AvgIpc) is 2.91. The van der Waals surface area contributed by atoms with Crippen molar-refractivity contribution in [2.75, 3.05) is 18.1 Å². The summed E-state index contributed by atoms with van der Waals surface area (Å²) in [6.45, 7) is 3.15. The normalized spacial score (nSPS) is 13.8. The quantitative estimate of drug-likeness (QED) is 0.672. The Bertz CT molecular complexity index is 868. The minimum absolute atomic E-state index is 0.0643. The Labute approximate surface area is 132 Å². The van der Waals surface area contributed by atoms with Crippen LogP contribution in [0.4, 0.5) is 5.69 Å². The Morgan fingerprint density at radius 3 is 2.77 bits per heavy atom. The minimum Gasteiger partial charge on any atom is -0.490 e. The summed E-state index contributed by atoms with van der Waals surface area (Å²) >= 11 is 1.57. The first-order valence-electron chi connectivity index (χ1n) is 7.27. The van der Waals surface area contributed by atoms with Gasteiger partial charge in [0.2, 0.25) is 0 Å². The molecular weight excluding hydrogens is 294 g/mol. The molecule has 3 aromatic rings. The second kappa shape index (κ2) is 5.14. The van der Waals surface area contributed by atoms with Crippen LogP contribution in [0.2, 0.25) is 0 Å². The van der Waals surface area contributed by atoms with Gasteiger partial charge in [-0.15, -0.1) is 11.3 Å². The molecule has 1 aliphatic heterocycles. The van der Waals surface area contributed by atoms with Crippen molar-refractivity contribution in [2.45, 2.75) is 6.92 Å². The molecule has 1 aliphatic rings. The number of rotatable bonds is 1. The molecule has 1 amide bonds. The molecule has 22 heavy (non-hydrogen) atoms. The number of carbonyl (C=O) groups is 1. The third kappa shape index (κ3) is 1.99. The zero-order valence-corrected chi connectivity index (χ0v) is 13.0. The zero-order valence-electron chi connectivity index (χ0n) is 12.2. The molecule has 0 saturated carbocycles. The van der Waals surface area contributed by atoms with E-state index in [-0.39, 0.29) is 5.91 Å². The Morgan fingerprint density at radius 1 is 1.14 bits per heavy atom. The van der Waals surface area contributed by atoms with Gasteiger partial charge < -0.3 is 9.64 Å². The van der Waals surface area contributed by atoms with E-state index in [4.69, 9.17) is 4.74 Å². The van der Waals surface area contributed by atoms with E-state index < -0.39 is 0 Å². The van der Waals surface area contributed by atoms with Gasteiger partial charge in [0.1, 0.15) is 12.4 Å². The van der Waals surface area contributed by atoms with Crippen LogP contribution in [-0.4, -0.2) is 19.1 Å². The molecule has 4 heteroatoms. The molecule has 0 spiro atoms. The molecular formula is C18H15NO2S. The van der Waals surface area contributed by atoms with Crippen LogP contribution in [0.1, 0.15) is 15.2 Å². The molecule has 0 fully saturated rings. The predicted octanol–water partition coefficient (Wildman–Crippen LogP) is 4.25. The number of amides is 1. The molecule has 0 bridgehead atoms. The predicted molar refractivity (Wildman–Crippen MR) is 90.2 cm³/mol. The molecule has 0 unspecified atom stereocenters. The molecule has 2 aromatic carbocycles. The van der Waals surface area contributed by atoms with E-state index in [0.717, 1.165) is 32.0 Å². The number of benzene rings is 2. The molecule has 0 N–H and O–H groups in total. The Morgan fingerprint density at radius 2 is 1.91 bits per heavy atom. The van der Waals surface area contributed by atoms with Crippen molar-refractivity contribution in [3.63, 3.8) is 0 Å². The largest absolute Gasteiger partial charge is 0.490 e. The number of anilines is 1. The highest BCUT2D eigenvalue weighted by molar-refractivity contribution is 7.21. The molecule has 3 nitrogen and oxygen atoms in total. The van der Waals surface area contributed by atoms with E-state index in [1.54, 1.807) is 11.3 Å². The minimum atomic E-state index is 0.0643. The van der Waals surface area contributed by atoms with Crippen molar-refractivity contribution in [3.8, 4) is 5.75 Å². The van der Waals surface area contributed by atoms with Crippen molar-refractivity contribution in [3.05, 3.63) is 59.0 Å². The van der Waals surface area contributed by atoms with Crippen molar-refractivity contribution >= 4 is 33.0 Å². The SMILES string of the molecule is Cc1c(C(=O)N2CCOc3ccccc32)sc2ccccc12. The first-order chi connectivity index (χ1) is 10.8. The number of ether oxygens (including phenoxy) is 1. The van der Waals surface area contributed by atoms with Gasteiger partial charge in [0.25, 0.3) is 5.91 Å². The third-order valence-electron chi connectivity index (χ3n) is 4.01. The summed E-state index contributed by atoms with van der Waals surface area (Å²) < 4.78 is 6.80. The van der Waals surface area contributed by atoms with Gasteiger partial charge in [-0.2, -0.15) is 0 Å². The lowest BCUT2D eigenvalue weighted by Crippen LogP contribution is -2.37. The summed E-state index contributed by atoms with van der Waals surface area (Å²) in [5.74, 6) is 0.843. The summed E-state index contributed by atoms with van der Waals surface area (Å²) in [6, 6.07) is 15.9. The van der Waals surface area contributed by atoms with E-state index in [1.165, 1.54) is 0 Å². The van der Waals surface area contributed by atoms with Crippen LogP contribution in [0.5, 0.6) is 5.75 Å². The van der Waals surface area contributed by atoms with Crippen LogP contribution in [0.3, 0.4) is 0 Å². The van der Waals surface area contributed by atoms with Crippen molar-refractivity contribution in [1.29, 1.82) is 0 Å². The first kappa shape index (κ1) is 13.3. The van der Waals surface area contributed by atoms with Gasteiger partial charge in [-0.3, -0.25) is 4.79 Å². The lowest BCUT2D eigenvalue weighted by molar-refractivity contribution is 0.0980. The Hall–Kier alpha value is -2.33. The zero-order chi connectivity index (χ0) is 15.1. The maximum absolute atomic E-state index is 13.0. The number of hydrogen-bond acceptors (Lipinski definition) is 3. The second-order valence-corrected chi connectivity index (χ2v) is 6.38. The first-order valence-corrected chi connectivity index (χ1v) is 8.09. The highest BCUT2D eigenvalue weighted by Gasteiger charge is 2.27. The molecule has 0 atom stereocenters. The number of nitrogens with zero attached hydrogens (tertiary/aromatic N) is 1. The van der Waals surface area contributed by atoms with E-state index >= 15 is 0 Å². The van der Waals surface area contributed by atoms with Gasteiger partial charge in [-0.05, 0) is 36.1 Å². The van der Waals surface area contributed by atoms with Crippen molar-refractivity contribution in [2.24, 2.45) is 0 Å². The fraction of sp³-hybridized carbons (Fsp3) is 0.167. The Balaban J connectivity index is 1.80. The van der Waals surface area contributed by atoms with Crippen LogP contribution in [0.25, 0.3) is 10.1 Å². The summed E-state index contributed by atoms with van der Waals surface area (Å²) in [5.41, 5.74) is 1.92. The van der Waals surface area contributed by atoms with Gasteiger partial charge in [0.15, 0.2) is 0 Å². The molecule has 4 rings (SSSR count). The van der Waals surface area contributed by atoms with E-state index in [0.29, 0.717) is 13.2 Å². The van der Waals surface area contributed by atoms with Crippen LogP contribution in [0.15, 0.2) is 48.5 Å². The van der Waals surface area contributed by atoms with Gasteiger partial charge in [-0.1, -0.05) is 30.3 Å². The monoisotopic (exact) mass is 309 g/mol. The van der Waals surface area contributed by atoms with Crippen LogP contribution >= 0.6 is 11.3 Å². The molecule has 0 saturated heterocycles. The van der Waals surface area contributed by atoms with E-state index in [1.807, 2.05) is 48.2 Å². The Kier molecular flexibility index (Phi) is 3.12. The van der Waals surface area contributed by atoms with Gasteiger partial charge in [-0.25, -0.2) is 0 Å². The van der Waals surface area contributed by atoms with Gasteiger partial charge in [0.05, 0.1) is 17.1 Å². The maximum Gasteiger partial charge on any atom is 0.268 e. The molecule has 110 valence electrons. The second-order valence-electron chi connectivity index (χ2n) is 5.33. The van der Waals surface area contributed by atoms with Crippen LogP contribution in [0, 0.1) is 6.92 Å². The van der Waals surface area contributed by atoms with Crippen LogP contribution < -0.4 is 9.64 Å². The van der Waals surface area contributed by atoms with Gasteiger partial charge >= 0.3 is 0 Å². The summed E-state index contributed by atoms with van der Waals surface area (Å²) in [4.78, 5) is 15.7. The lowest BCUT2D eigenvalue weighted by atomic mass is 10.1. The summed E-state index contributed by atoms with van der Waals surface area (Å²) in [7, 11) is 0. The fourth-order valence-electron chi connectivity index (χ4n) is 2.88. The summed E-state index contributed by atoms with van der Waals surface area (Å²) in [6.07, 6.45) is 0. The van der Waals surface area contributed by atoms with E-state index in [9.17, 15) is 4.79 Å². The maximum atomic E-state index is 13.0. The molecule has 2 heterocycles. The van der Waals surface area contributed by atoms with Gasteiger partial charge in [0, 0.05) is 4.70 Å². The standard InChI is InChI=1S/C18H15NO2S/c1-12-13-6-2-5-9-16(13)22-17(12)18(20)19-10-11-21-15-8-4-3-7-14(15)19/h2-9H,10-11H2,1H3. The van der Waals surface area contributed by atoms with E-state index in [2.05, 4.69) is 12.1 Å². The van der Waals surface area contributed by atoms with Crippen molar-refractivity contribution < 1.29 is 9.53 Å². The van der Waals surface area contributed by atoms with Crippen LogP contribution in [-0.2, 0) is 0 Å². The molecule has 1 aromatic heterocycles. The summed E-state index contributed by atoms with van der Waals surface area (Å²) in [5, 5.41) is 1.16. The third-order valence-corrected chi connectivity index (χ3v) is 5.27.